The van der Waals surface area contributed by atoms with Gasteiger partial charge in [-0.05, 0) is 22.4 Å². The van der Waals surface area contributed by atoms with E-state index in [0.717, 1.165) is 4.68 Å². The molecule has 10 heteroatoms. The first-order valence-corrected chi connectivity index (χ1v) is 4.87. The van der Waals surface area contributed by atoms with Gasteiger partial charge in [0.25, 0.3) is 0 Å². The summed E-state index contributed by atoms with van der Waals surface area (Å²) in [6.45, 7) is 1.33. The molecule has 3 rings (SSSR count). The molecule has 3 heterocycles. The molecule has 0 saturated carbocycles. The zero-order valence-electron chi connectivity index (χ0n) is 9.06. The van der Waals surface area contributed by atoms with Crippen molar-refractivity contribution in [3.63, 3.8) is 0 Å². The van der Waals surface area contributed by atoms with E-state index in [2.05, 4.69) is 35.0 Å². The molecule has 1 N–H and O–H groups in total. The Morgan fingerprint density at radius 2 is 2.00 bits per heavy atom. The zero-order chi connectivity index (χ0) is 12.7. The fraction of sp³-hybridized carbons (Fsp3) is 0.250. The van der Waals surface area contributed by atoms with Gasteiger partial charge < -0.3 is 5.11 Å². The van der Waals surface area contributed by atoms with Gasteiger partial charge in [-0.2, -0.15) is 5.10 Å². The second-order valence-electron chi connectivity index (χ2n) is 3.53. The number of rotatable bonds is 3. The normalized spacial score (nSPS) is 11.2. The second kappa shape index (κ2) is 3.61. The first-order valence-electron chi connectivity index (χ1n) is 4.87. The lowest BCUT2D eigenvalue weighted by Gasteiger charge is -1.94. The molecule has 0 spiro atoms. The van der Waals surface area contributed by atoms with E-state index in [1.165, 1.54) is 0 Å². The summed E-state index contributed by atoms with van der Waals surface area (Å²) >= 11 is 0. The van der Waals surface area contributed by atoms with Crippen LogP contribution >= 0.6 is 0 Å². The van der Waals surface area contributed by atoms with Gasteiger partial charge in [0.1, 0.15) is 17.9 Å². The number of carbonyl (C=O) groups is 1. The smallest absolute Gasteiger partial charge is 0.325 e. The molecular formula is C8H6N6O4. The highest BCUT2D eigenvalue weighted by molar-refractivity contribution is 5.87. The van der Waals surface area contributed by atoms with E-state index in [9.17, 15) is 4.79 Å². The van der Waals surface area contributed by atoms with Crippen LogP contribution in [0.1, 0.15) is 5.69 Å². The second-order valence-corrected chi connectivity index (χ2v) is 3.53. The molecule has 0 fully saturated rings. The van der Waals surface area contributed by atoms with Crippen LogP contribution < -0.4 is 0 Å². The van der Waals surface area contributed by atoms with E-state index in [1.807, 2.05) is 0 Å². The predicted octanol–water partition coefficient (Wildman–Crippen LogP) is -0.138. The SMILES string of the molecule is Cc1nonc1-c1nn(CC(=O)O)c2nonc12. The van der Waals surface area contributed by atoms with E-state index >= 15 is 0 Å². The van der Waals surface area contributed by atoms with E-state index in [4.69, 9.17) is 5.11 Å². The molecule has 0 unspecified atom stereocenters. The van der Waals surface area contributed by atoms with Crippen molar-refractivity contribution in [1.82, 2.24) is 30.4 Å². The Labute approximate surface area is 98.1 Å². The van der Waals surface area contributed by atoms with Crippen LogP contribution in [0.4, 0.5) is 0 Å². The fourth-order valence-corrected chi connectivity index (χ4v) is 1.56. The Morgan fingerprint density at radius 1 is 1.22 bits per heavy atom. The number of hydrogen-bond donors (Lipinski definition) is 1. The van der Waals surface area contributed by atoms with Gasteiger partial charge in [-0.15, -0.1) is 0 Å². The highest BCUT2D eigenvalue weighted by atomic mass is 16.6. The summed E-state index contributed by atoms with van der Waals surface area (Å²) in [5.74, 6) is -1.05. The van der Waals surface area contributed by atoms with Crippen molar-refractivity contribution >= 4 is 17.1 Å². The van der Waals surface area contributed by atoms with Gasteiger partial charge >= 0.3 is 5.97 Å². The van der Waals surface area contributed by atoms with Crippen LogP contribution in [0.2, 0.25) is 0 Å². The van der Waals surface area contributed by atoms with Gasteiger partial charge in [-0.1, -0.05) is 5.16 Å². The van der Waals surface area contributed by atoms with Gasteiger partial charge in [-0.3, -0.25) is 4.79 Å². The van der Waals surface area contributed by atoms with Crippen molar-refractivity contribution in [3.8, 4) is 11.4 Å². The highest BCUT2D eigenvalue weighted by Crippen LogP contribution is 2.25. The van der Waals surface area contributed by atoms with Gasteiger partial charge in [0.05, 0.1) is 0 Å². The van der Waals surface area contributed by atoms with E-state index < -0.39 is 5.97 Å². The third kappa shape index (κ3) is 1.43. The number of fused-ring (bicyclic) bond motifs is 1. The number of aromatic nitrogens is 6. The molecule has 0 aliphatic heterocycles. The van der Waals surface area contributed by atoms with Gasteiger partial charge in [0.2, 0.25) is 5.65 Å². The van der Waals surface area contributed by atoms with Crippen LogP contribution in [0.3, 0.4) is 0 Å². The van der Waals surface area contributed by atoms with E-state index in [0.29, 0.717) is 22.6 Å². The summed E-state index contributed by atoms with van der Waals surface area (Å²) < 4.78 is 10.3. The maximum absolute atomic E-state index is 10.7. The Balaban J connectivity index is 2.21. The molecule has 0 saturated heterocycles. The number of aliphatic carboxylic acids is 1. The van der Waals surface area contributed by atoms with Crippen molar-refractivity contribution in [1.29, 1.82) is 0 Å². The Morgan fingerprint density at radius 3 is 2.67 bits per heavy atom. The summed E-state index contributed by atoms with van der Waals surface area (Å²) in [7, 11) is 0. The van der Waals surface area contributed by atoms with Crippen molar-refractivity contribution in [2.24, 2.45) is 0 Å². The van der Waals surface area contributed by atoms with Gasteiger partial charge in [0, 0.05) is 0 Å². The minimum atomic E-state index is -1.05. The summed E-state index contributed by atoms with van der Waals surface area (Å²) in [5, 5.41) is 27.4. The predicted molar refractivity (Wildman–Crippen MR) is 53.3 cm³/mol. The molecular weight excluding hydrogens is 244 g/mol. The third-order valence-electron chi connectivity index (χ3n) is 2.32. The minimum Gasteiger partial charge on any atom is -0.480 e. The summed E-state index contributed by atoms with van der Waals surface area (Å²) in [6.07, 6.45) is 0. The average Bonchev–Trinajstić information content (AvgIpc) is 2.96. The van der Waals surface area contributed by atoms with Crippen LogP contribution in [0, 0.1) is 6.92 Å². The van der Waals surface area contributed by atoms with Crippen LogP contribution in [0.25, 0.3) is 22.6 Å². The Hall–Kier alpha value is -2.78. The Kier molecular flexibility index (Phi) is 2.08. The number of carboxylic acids is 1. The highest BCUT2D eigenvalue weighted by Gasteiger charge is 2.22. The molecule has 18 heavy (non-hydrogen) atoms. The number of hydrogen-bond acceptors (Lipinski definition) is 8. The quantitative estimate of drug-likeness (QED) is 0.673. The van der Waals surface area contributed by atoms with Gasteiger partial charge in [-0.25, -0.2) is 13.9 Å². The molecule has 0 radical (unpaired) electrons. The van der Waals surface area contributed by atoms with Crippen LogP contribution in [-0.4, -0.2) is 41.5 Å². The molecule has 3 aromatic heterocycles. The third-order valence-corrected chi connectivity index (χ3v) is 2.32. The molecule has 0 amide bonds. The Bertz CT molecular complexity index is 725. The first kappa shape index (κ1) is 10.4. The molecule has 0 aromatic carbocycles. The van der Waals surface area contributed by atoms with Crippen molar-refractivity contribution in [2.45, 2.75) is 13.5 Å². The lowest BCUT2D eigenvalue weighted by molar-refractivity contribution is -0.137. The maximum Gasteiger partial charge on any atom is 0.325 e. The maximum atomic E-state index is 10.7. The largest absolute Gasteiger partial charge is 0.480 e. The molecule has 10 nitrogen and oxygen atoms in total. The summed E-state index contributed by atoms with van der Waals surface area (Å²) in [6, 6.07) is 0. The fourth-order valence-electron chi connectivity index (χ4n) is 1.56. The lowest BCUT2D eigenvalue weighted by Crippen LogP contribution is -2.10. The zero-order valence-corrected chi connectivity index (χ0v) is 9.06. The molecule has 3 aromatic rings. The molecule has 0 bridgehead atoms. The van der Waals surface area contributed by atoms with Crippen LogP contribution in [0.5, 0.6) is 0 Å². The van der Waals surface area contributed by atoms with E-state index in [1.54, 1.807) is 6.92 Å². The summed E-state index contributed by atoms with van der Waals surface area (Å²) in [4.78, 5) is 10.7. The number of carboxylic acid groups (broad SMARTS) is 1. The number of nitrogens with zero attached hydrogens (tertiary/aromatic N) is 6. The molecule has 0 aliphatic rings. The van der Waals surface area contributed by atoms with E-state index in [-0.39, 0.29) is 12.2 Å². The average molecular weight is 250 g/mol. The topological polar surface area (TPSA) is 133 Å². The molecule has 92 valence electrons. The number of aryl methyl sites for hydroxylation is 1. The van der Waals surface area contributed by atoms with Crippen molar-refractivity contribution in [3.05, 3.63) is 5.69 Å². The monoisotopic (exact) mass is 250 g/mol. The van der Waals surface area contributed by atoms with Gasteiger partial charge in [0.15, 0.2) is 11.2 Å². The van der Waals surface area contributed by atoms with Crippen LogP contribution in [-0.2, 0) is 11.3 Å². The summed E-state index contributed by atoms with van der Waals surface area (Å²) in [5.41, 5.74) is 1.76. The lowest BCUT2D eigenvalue weighted by atomic mass is 10.2. The van der Waals surface area contributed by atoms with Crippen molar-refractivity contribution in [2.75, 3.05) is 0 Å². The molecule has 0 aliphatic carbocycles. The minimum absolute atomic E-state index is 0.231. The first-order chi connectivity index (χ1) is 8.66. The standard InChI is InChI=1S/C8H6N6O4/c1-3-5(11-17-10-3)6-7-8(13-18-12-7)14(9-6)2-4(15)16/h2H2,1H3,(H,15,16). The van der Waals surface area contributed by atoms with Crippen molar-refractivity contribution < 1.29 is 19.2 Å². The molecule has 0 atom stereocenters. The van der Waals surface area contributed by atoms with Crippen LogP contribution in [0.15, 0.2) is 9.26 Å².